The van der Waals surface area contributed by atoms with E-state index in [1.165, 1.54) is 0 Å². The Bertz CT molecular complexity index is 1100. The zero-order valence-corrected chi connectivity index (χ0v) is 16.8. The first-order valence-electron chi connectivity index (χ1n) is 9.44. The Kier molecular flexibility index (Phi) is 3.91. The smallest absolute Gasteiger partial charge is 0.166 e. The monoisotopic (exact) mass is 387 g/mol. The van der Waals surface area contributed by atoms with Crippen molar-refractivity contribution in [1.29, 1.82) is 0 Å². The van der Waals surface area contributed by atoms with Crippen LogP contribution in [0.5, 0.6) is 0 Å². The predicted octanol–water partition coefficient (Wildman–Crippen LogP) is 5.40. The van der Waals surface area contributed by atoms with Crippen molar-refractivity contribution in [2.45, 2.75) is 26.7 Å². The largest absolute Gasteiger partial charge is 0.329 e. The molecule has 5 rings (SSSR count). The molecule has 5 nitrogen and oxygen atoms in total. The van der Waals surface area contributed by atoms with Crippen molar-refractivity contribution < 1.29 is 0 Å². The van der Waals surface area contributed by atoms with Crippen LogP contribution in [0.1, 0.15) is 32.3 Å². The van der Waals surface area contributed by atoms with Crippen molar-refractivity contribution in [2.75, 3.05) is 6.54 Å². The number of benzene rings is 1. The number of fused-ring (bicyclic) bond motifs is 2. The van der Waals surface area contributed by atoms with Crippen molar-refractivity contribution in [3.05, 3.63) is 54.7 Å². The third-order valence-corrected chi connectivity index (χ3v) is 6.36. The van der Waals surface area contributed by atoms with Gasteiger partial charge in [0.05, 0.1) is 5.69 Å². The van der Waals surface area contributed by atoms with E-state index in [-0.39, 0.29) is 5.41 Å². The maximum absolute atomic E-state index is 4.96. The number of rotatable bonds is 2. The van der Waals surface area contributed by atoms with Crippen molar-refractivity contribution >= 4 is 28.6 Å². The Morgan fingerprint density at radius 1 is 1.11 bits per heavy atom. The summed E-state index contributed by atoms with van der Waals surface area (Å²) in [6, 6.07) is 12.1. The molecule has 2 aliphatic rings. The van der Waals surface area contributed by atoms with Gasteiger partial charge in [0.25, 0.3) is 0 Å². The summed E-state index contributed by atoms with van der Waals surface area (Å²) in [5.41, 5.74) is 5.28. The Balaban J connectivity index is 1.50. The molecule has 0 amide bonds. The Morgan fingerprint density at radius 3 is 2.79 bits per heavy atom. The molecule has 6 heteroatoms. The molecule has 0 unspecified atom stereocenters. The molecule has 0 saturated carbocycles. The number of nitrogens with zero attached hydrogens (tertiary/aromatic N) is 5. The van der Waals surface area contributed by atoms with Crippen molar-refractivity contribution in [1.82, 2.24) is 20.1 Å². The zero-order chi connectivity index (χ0) is 19.3. The van der Waals surface area contributed by atoms with E-state index in [9.17, 15) is 0 Å². The highest BCUT2D eigenvalue weighted by molar-refractivity contribution is 7.17. The minimum atomic E-state index is 0.286. The van der Waals surface area contributed by atoms with Gasteiger partial charge in [-0.15, -0.1) is 10.2 Å². The van der Waals surface area contributed by atoms with Crippen molar-refractivity contribution in [2.24, 2.45) is 10.4 Å². The fourth-order valence-corrected chi connectivity index (χ4v) is 4.59. The average molecular weight is 388 g/mol. The molecule has 28 heavy (non-hydrogen) atoms. The molecule has 2 aliphatic heterocycles. The lowest BCUT2D eigenvalue weighted by molar-refractivity contribution is 0.251. The Hall–Kier alpha value is -2.86. The first-order chi connectivity index (χ1) is 13.5. The maximum Gasteiger partial charge on any atom is 0.166 e. The Labute approximate surface area is 168 Å². The predicted molar refractivity (Wildman–Crippen MR) is 114 cm³/mol. The molecule has 0 spiro atoms. The van der Waals surface area contributed by atoms with E-state index in [4.69, 9.17) is 4.99 Å². The van der Waals surface area contributed by atoms with Crippen LogP contribution in [0.2, 0.25) is 0 Å². The van der Waals surface area contributed by atoms with Crippen LogP contribution in [0.25, 0.3) is 27.0 Å². The van der Waals surface area contributed by atoms with E-state index in [0.29, 0.717) is 0 Å². The first kappa shape index (κ1) is 17.3. The van der Waals surface area contributed by atoms with Crippen LogP contribution in [0, 0.1) is 5.41 Å². The molecule has 0 atom stereocenters. The van der Waals surface area contributed by atoms with Crippen LogP contribution in [-0.2, 0) is 0 Å². The lowest BCUT2D eigenvalue weighted by Gasteiger charge is -2.43. The second kappa shape index (κ2) is 6.34. The van der Waals surface area contributed by atoms with Gasteiger partial charge in [0.2, 0.25) is 0 Å². The lowest BCUT2D eigenvalue weighted by atomic mass is 9.82. The van der Waals surface area contributed by atoms with Gasteiger partial charge in [-0.1, -0.05) is 50.0 Å². The molecule has 140 valence electrons. The van der Waals surface area contributed by atoms with Gasteiger partial charge in [0.15, 0.2) is 5.01 Å². The second-order valence-electron chi connectivity index (χ2n) is 8.08. The van der Waals surface area contributed by atoms with E-state index >= 15 is 0 Å². The molecular weight excluding hydrogens is 366 g/mol. The van der Waals surface area contributed by atoms with Gasteiger partial charge < -0.3 is 4.90 Å². The van der Waals surface area contributed by atoms with E-state index in [0.717, 1.165) is 63.4 Å². The summed E-state index contributed by atoms with van der Waals surface area (Å²) < 4.78 is 0. The van der Waals surface area contributed by atoms with Crippen LogP contribution < -0.4 is 0 Å². The normalized spacial score (nSPS) is 17.7. The highest BCUT2D eigenvalue weighted by Crippen LogP contribution is 2.42. The number of amidine groups is 1. The maximum atomic E-state index is 4.96. The van der Waals surface area contributed by atoms with Gasteiger partial charge in [-0.05, 0) is 30.0 Å². The summed E-state index contributed by atoms with van der Waals surface area (Å²) in [4.78, 5) is 11.6. The number of piperidine rings is 1. The van der Waals surface area contributed by atoms with Gasteiger partial charge in [0.1, 0.15) is 16.5 Å². The molecule has 1 saturated heterocycles. The molecule has 0 aliphatic carbocycles. The van der Waals surface area contributed by atoms with Gasteiger partial charge in [-0.3, -0.25) is 4.98 Å². The molecule has 4 heterocycles. The summed E-state index contributed by atoms with van der Waals surface area (Å²) in [5, 5.41) is 10.4. The molecule has 3 aromatic rings. The van der Waals surface area contributed by atoms with Crippen LogP contribution in [0.3, 0.4) is 0 Å². The van der Waals surface area contributed by atoms with Crippen LogP contribution in [0.15, 0.2) is 54.2 Å². The molecule has 0 bridgehead atoms. The van der Waals surface area contributed by atoms with E-state index in [2.05, 4.69) is 58.7 Å². The third kappa shape index (κ3) is 2.94. The van der Waals surface area contributed by atoms with Crippen LogP contribution >= 0.6 is 11.3 Å². The number of pyridine rings is 1. The second-order valence-corrected chi connectivity index (χ2v) is 9.06. The topological polar surface area (TPSA) is 54.3 Å². The highest BCUT2D eigenvalue weighted by Gasteiger charge is 2.34. The number of hydrogen-bond donors (Lipinski definition) is 0. The summed E-state index contributed by atoms with van der Waals surface area (Å²) in [6.45, 7) is 9.95. The quantitative estimate of drug-likeness (QED) is 0.590. The van der Waals surface area contributed by atoms with E-state index in [1.807, 2.05) is 18.2 Å². The van der Waals surface area contributed by atoms with E-state index < -0.39 is 0 Å². The SMILES string of the molecule is C=C1c2ccc(-c3nnc(-c4ccccn4)s3)cc2N=C2CCC(C)(C)CN12. The average Bonchev–Trinajstić information content (AvgIpc) is 3.19. The molecule has 0 N–H and O–H groups in total. The highest BCUT2D eigenvalue weighted by atomic mass is 32.1. The first-order valence-corrected chi connectivity index (χ1v) is 10.3. The molecule has 1 fully saturated rings. The van der Waals surface area contributed by atoms with Crippen LogP contribution in [0.4, 0.5) is 5.69 Å². The van der Waals surface area contributed by atoms with Gasteiger partial charge in [0, 0.05) is 36.0 Å². The van der Waals surface area contributed by atoms with Gasteiger partial charge in [-0.2, -0.15) is 0 Å². The van der Waals surface area contributed by atoms with Gasteiger partial charge >= 0.3 is 0 Å². The number of hydrogen-bond acceptors (Lipinski definition) is 6. The summed E-state index contributed by atoms with van der Waals surface area (Å²) >= 11 is 1.55. The third-order valence-electron chi connectivity index (χ3n) is 5.36. The van der Waals surface area contributed by atoms with Gasteiger partial charge in [-0.25, -0.2) is 4.99 Å². The zero-order valence-electron chi connectivity index (χ0n) is 16.0. The van der Waals surface area contributed by atoms with Crippen molar-refractivity contribution in [3.63, 3.8) is 0 Å². The standard InChI is InChI=1S/C22H21N5S/c1-14-16-8-7-15(20-25-26-21(28-20)17-6-4-5-11-23-17)12-18(16)24-19-9-10-22(2,3)13-27(14)19/h4-8,11-12H,1,9-10,13H2,2-3H3. The number of aromatic nitrogens is 3. The molecule has 2 aromatic heterocycles. The van der Waals surface area contributed by atoms with Crippen molar-refractivity contribution in [3.8, 4) is 21.3 Å². The molecule has 1 aromatic carbocycles. The van der Waals surface area contributed by atoms with Crippen LogP contribution in [-0.4, -0.2) is 32.5 Å². The minimum absolute atomic E-state index is 0.286. The summed E-state index contributed by atoms with van der Waals surface area (Å²) in [6.07, 6.45) is 3.90. The lowest BCUT2D eigenvalue weighted by Crippen LogP contribution is -2.43. The molecule has 0 radical (unpaired) electrons. The fraction of sp³-hybridized carbons (Fsp3) is 0.273. The van der Waals surface area contributed by atoms with E-state index in [1.54, 1.807) is 17.5 Å². The summed E-state index contributed by atoms with van der Waals surface area (Å²) in [5.74, 6) is 1.13. The minimum Gasteiger partial charge on any atom is -0.329 e. The molecular formula is C22H21N5S. The fourth-order valence-electron chi connectivity index (χ4n) is 3.77. The summed E-state index contributed by atoms with van der Waals surface area (Å²) in [7, 11) is 0. The number of aliphatic imine (C=N–C) groups is 1. The Morgan fingerprint density at radius 2 is 1.96 bits per heavy atom.